The van der Waals surface area contributed by atoms with Gasteiger partial charge in [-0.2, -0.15) is 0 Å². The second-order valence-corrected chi connectivity index (χ2v) is 5.17. The lowest BCUT2D eigenvalue weighted by molar-refractivity contribution is -0.143. The average Bonchev–Trinajstić information content (AvgIpc) is 3.17. The zero-order chi connectivity index (χ0) is 13.4. The van der Waals surface area contributed by atoms with Crippen molar-refractivity contribution in [1.29, 1.82) is 0 Å². The second-order valence-electron chi connectivity index (χ2n) is 5.17. The van der Waals surface area contributed by atoms with Crippen molar-refractivity contribution in [2.75, 3.05) is 33.3 Å². The molecule has 1 rings (SSSR count). The third-order valence-electron chi connectivity index (χ3n) is 3.42. The Balaban J connectivity index is 2.33. The highest BCUT2D eigenvalue weighted by Crippen LogP contribution is 2.29. The maximum Gasteiger partial charge on any atom is 0.322 e. The van der Waals surface area contributed by atoms with Crippen LogP contribution in [0.3, 0.4) is 0 Å². The molecule has 18 heavy (non-hydrogen) atoms. The number of ether oxygens (including phenoxy) is 1. The second kappa shape index (κ2) is 8.48. The highest BCUT2D eigenvalue weighted by atomic mass is 16.5. The van der Waals surface area contributed by atoms with Crippen LogP contribution in [0.4, 0.5) is 0 Å². The number of carbonyl (C=O) groups is 1. The molecule has 0 aromatic rings. The molecule has 1 saturated carbocycles. The molecule has 0 aromatic carbocycles. The standard InChI is InChI=1S/C14H28N2O2/c1-4-9-16(11-12-6-7-12)10-8-13(15-5-2)14(17)18-3/h12-13,15H,4-11H2,1-3H3. The first-order valence-corrected chi connectivity index (χ1v) is 7.24. The summed E-state index contributed by atoms with van der Waals surface area (Å²) in [5, 5.41) is 3.20. The summed E-state index contributed by atoms with van der Waals surface area (Å²) in [6, 6.07) is -0.154. The molecule has 0 amide bonds. The fraction of sp³-hybridized carbons (Fsp3) is 0.929. The van der Waals surface area contributed by atoms with Gasteiger partial charge in [0.1, 0.15) is 6.04 Å². The van der Waals surface area contributed by atoms with E-state index in [2.05, 4.69) is 17.1 Å². The van der Waals surface area contributed by atoms with Crippen molar-refractivity contribution >= 4 is 5.97 Å². The van der Waals surface area contributed by atoms with Gasteiger partial charge in [-0.1, -0.05) is 13.8 Å². The Kier molecular flexibility index (Phi) is 7.28. The van der Waals surface area contributed by atoms with Crippen molar-refractivity contribution in [3.8, 4) is 0 Å². The van der Waals surface area contributed by atoms with Crippen molar-refractivity contribution in [3.05, 3.63) is 0 Å². The summed E-state index contributed by atoms with van der Waals surface area (Å²) in [5.41, 5.74) is 0. The molecule has 0 radical (unpaired) electrons. The lowest BCUT2D eigenvalue weighted by Gasteiger charge is -2.24. The van der Waals surface area contributed by atoms with Crippen LogP contribution in [0.1, 0.15) is 39.5 Å². The van der Waals surface area contributed by atoms with Gasteiger partial charge in [-0.3, -0.25) is 4.79 Å². The minimum absolute atomic E-state index is 0.139. The van der Waals surface area contributed by atoms with E-state index in [4.69, 9.17) is 4.74 Å². The highest BCUT2D eigenvalue weighted by molar-refractivity contribution is 5.75. The molecule has 0 heterocycles. The molecule has 4 heteroatoms. The van der Waals surface area contributed by atoms with E-state index in [0.717, 1.165) is 32.0 Å². The largest absolute Gasteiger partial charge is 0.468 e. The van der Waals surface area contributed by atoms with Gasteiger partial charge in [-0.05, 0) is 44.7 Å². The van der Waals surface area contributed by atoms with Gasteiger partial charge >= 0.3 is 5.97 Å². The lowest BCUT2D eigenvalue weighted by Crippen LogP contribution is -2.41. The highest BCUT2D eigenvalue weighted by Gasteiger charge is 2.25. The summed E-state index contributed by atoms with van der Waals surface area (Å²) >= 11 is 0. The Morgan fingerprint density at radius 1 is 1.39 bits per heavy atom. The van der Waals surface area contributed by atoms with Gasteiger partial charge in [0.25, 0.3) is 0 Å². The van der Waals surface area contributed by atoms with Crippen molar-refractivity contribution in [2.45, 2.75) is 45.6 Å². The SMILES string of the molecule is CCCN(CCC(NCC)C(=O)OC)CC1CC1. The first kappa shape index (κ1) is 15.4. The van der Waals surface area contributed by atoms with Crippen LogP contribution in [0, 0.1) is 5.92 Å². The number of methoxy groups -OCH3 is 1. The Labute approximate surface area is 111 Å². The first-order valence-electron chi connectivity index (χ1n) is 7.24. The molecule has 1 N–H and O–H groups in total. The van der Waals surface area contributed by atoms with Gasteiger partial charge in [0, 0.05) is 13.1 Å². The van der Waals surface area contributed by atoms with Crippen LogP contribution in [0.15, 0.2) is 0 Å². The molecule has 106 valence electrons. The molecular weight excluding hydrogens is 228 g/mol. The summed E-state index contributed by atoms with van der Waals surface area (Å²) in [5.74, 6) is 0.770. The van der Waals surface area contributed by atoms with Gasteiger partial charge in [-0.15, -0.1) is 0 Å². The molecule has 4 nitrogen and oxygen atoms in total. The summed E-state index contributed by atoms with van der Waals surface area (Å²) in [4.78, 5) is 14.1. The molecule has 0 bridgehead atoms. The van der Waals surface area contributed by atoms with Gasteiger partial charge in [-0.25, -0.2) is 0 Å². The minimum Gasteiger partial charge on any atom is -0.468 e. The Bertz CT molecular complexity index is 242. The predicted molar refractivity (Wildman–Crippen MR) is 73.6 cm³/mol. The molecule has 0 aromatic heterocycles. The monoisotopic (exact) mass is 256 g/mol. The van der Waals surface area contributed by atoms with E-state index in [1.807, 2.05) is 6.92 Å². The smallest absolute Gasteiger partial charge is 0.322 e. The van der Waals surface area contributed by atoms with Gasteiger partial charge < -0.3 is 15.0 Å². The zero-order valence-corrected chi connectivity index (χ0v) is 12.1. The molecular formula is C14H28N2O2. The van der Waals surface area contributed by atoms with Crippen LogP contribution in [0.25, 0.3) is 0 Å². The molecule has 1 atom stereocenters. The van der Waals surface area contributed by atoms with Gasteiger partial charge in [0.05, 0.1) is 7.11 Å². The number of likely N-dealkylation sites (N-methyl/N-ethyl adjacent to an activating group) is 1. The fourth-order valence-corrected chi connectivity index (χ4v) is 2.28. The first-order chi connectivity index (χ1) is 8.71. The lowest BCUT2D eigenvalue weighted by atomic mass is 10.2. The van der Waals surface area contributed by atoms with Crippen LogP contribution >= 0.6 is 0 Å². The van der Waals surface area contributed by atoms with E-state index in [9.17, 15) is 4.79 Å². The number of rotatable bonds is 10. The minimum atomic E-state index is -0.154. The van der Waals surface area contributed by atoms with Crippen LogP contribution in [0.5, 0.6) is 0 Å². The maximum absolute atomic E-state index is 11.6. The van der Waals surface area contributed by atoms with Crippen molar-refractivity contribution in [3.63, 3.8) is 0 Å². The third kappa shape index (κ3) is 5.83. The Hall–Kier alpha value is -0.610. The molecule has 1 fully saturated rings. The number of carbonyl (C=O) groups excluding carboxylic acids is 1. The number of nitrogens with one attached hydrogen (secondary N) is 1. The zero-order valence-electron chi connectivity index (χ0n) is 12.1. The fourth-order valence-electron chi connectivity index (χ4n) is 2.28. The van der Waals surface area contributed by atoms with E-state index in [-0.39, 0.29) is 12.0 Å². The Morgan fingerprint density at radius 3 is 2.61 bits per heavy atom. The molecule has 1 aliphatic carbocycles. The summed E-state index contributed by atoms with van der Waals surface area (Å²) in [6.45, 7) is 8.35. The van der Waals surface area contributed by atoms with Crippen LogP contribution in [0.2, 0.25) is 0 Å². The van der Waals surface area contributed by atoms with E-state index in [0.29, 0.717) is 0 Å². The summed E-state index contributed by atoms with van der Waals surface area (Å²) < 4.78 is 4.83. The summed E-state index contributed by atoms with van der Waals surface area (Å²) in [6.07, 6.45) is 4.78. The topological polar surface area (TPSA) is 41.6 Å². The van der Waals surface area contributed by atoms with Crippen molar-refractivity contribution in [2.24, 2.45) is 5.92 Å². The molecule has 0 saturated heterocycles. The number of hydrogen-bond acceptors (Lipinski definition) is 4. The average molecular weight is 256 g/mol. The number of nitrogens with zero attached hydrogens (tertiary/aromatic N) is 1. The van der Waals surface area contributed by atoms with Crippen LogP contribution in [-0.4, -0.2) is 50.2 Å². The summed E-state index contributed by atoms with van der Waals surface area (Å²) in [7, 11) is 1.46. The predicted octanol–water partition coefficient (Wildman–Crippen LogP) is 1.65. The maximum atomic E-state index is 11.6. The van der Waals surface area contributed by atoms with Crippen molar-refractivity contribution in [1.82, 2.24) is 10.2 Å². The quantitative estimate of drug-likeness (QED) is 0.604. The number of esters is 1. The van der Waals surface area contributed by atoms with Gasteiger partial charge in [0.2, 0.25) is 0 Å². The molecule has 0 spiro atoms. The number of hydrogen-bond donors (Lipinski definition) is 1. The van der Waals surface area contributed by atoms with E-state index >= 15 is 0 Å². The van der Waals surface area contributed by atoms with E-state index < -0.39 is 0 Å². The van der Waals surface area contributed by atoms with E-state index in [1.54, 1.807) is 0 Å². The molecule has 1 unspecified atom stereocenters. The van der Waals surface area contributed by atoms with Crippen molar-refractivity contribution < 1.29 is 9.53 Å². The van der Waals surface area contributed by atoms with E-state index in [1.165, 1.54) is 32.9 Å². The van der Waals surface area contributed by atoms with Crippen LogP contribution < -0.4 is 5.32 Å². The Morgan fingerprint density at radius 2 is 2.11 bits per heavy atom. The molecule has 0 aliphatic heterocycles. The molecule has 1 aliphatic rings. The third-order valence-corrected chi connectivity index (χ3v) is 3.42. The van der Waals surface area contributed by atoms with Gasteiger partial charge in [0.15, 0.2) is 0 Å². The van der Waals surface area contributed by atoms with Crippen LogP contribution in [-0.2, 0) is 9.53 Å². The normalized spacial score (nSPS) is 16.9.